The SMILES string of the molecule is COc1ccc(N2C(=O)C(C(=O)NOCc3ccccc3)C2C(C)=O)cc1. The van der Waals surface area contributed by atoms with E-state index >= 15 is 0 Å². The van der Waals surface area contributed by atoms with Crippen LogP contribution in [0, 0.1) is 5.92 Å². The Morgan fingerprint density at radius 1 is 1.07 bits per heavy atom. The molecule has 0 radical (unpaired) electrons. The summed E-state index contributed by atoms with van der Waals surface area (Å²) in [5.41, 5.74) is 3.69. The molecule has 0 bridgehead atoms. The Balaban J connectivity index is 1.65. The summed E-state index contributed by atoms with van der Waals surface area (Å²) in [6.45, 7) is 1.53. The number of hydroxylamine groups is 1. The van der Waals surface area contributed by atoms with Crippen LogP contribution in [0.15, 0.2) is 54.6 Å². The molecule has 7 nitrogen and oxygen atoms in total. The molecule has 27 heavy (non-hydrogen) atoms. The fourth-order valence-corrected chi connectivity index (χ4v) is 3.02. The van der Waals surface area contributed by atoms with Crippen molar-refractivity contribution in [1.82, 2.24) is 5.48 Å². The number of ketones is 1. The quantitative estimate of drug-likeness (QED) is 0.458. The molecule has 1 aliphatic rings. The normalized spacial score (nSPS) is 18.6. The summed E-state index contributed by atoms with van der Waals surface area (Å²) < 4.78 is 5.09. The molecule has 140 valence electrons. The molecule has 2 amide bonds. The van der Waals surface area contributed by atoms with Gasteiger partial charge in [-0.05, 0) is 36.8 Å². The van der Waals surface area contributed by atoms with E-state index in [0.717, 1.165) is 5.56 Å². The Bertz CT molecular complexity index is 835. The van der Waals surface area contributed by atoms with Gasteiger partial charge in [0.15, 0.2) is 5.78 Å². The van der Waals surface area contributed by atoms with Gasteiger partial charge in [0.05, 0.1) is 13.7 Å². The smallest absolute Gasteiger partial charge is 0.258 e. The summed E-state index contributed by atoms with van der Waals surface area (Å²) in [5.74, 6) is -1.80. The van der Waals surface area contributed by atoms with E-state index < -0.39 is 23.8 Å². The summed E-state index contributed by atoms with van der Waals surface area (Å²) >= 11 is 0. The molecule has 2 aromatic rings. The number of carbonyl (C=O) groups excluding carboxylic acids is 3. The van der Waals surface area contributed by atoms with E-state index in [2.05, 4.69) is 5.48 Å². The van der Waals surface area contributed by atoms with Crippen LogP contribution in [0.4, 0.5) is 5.69 Å². The molecule has 0 aromatic heterocycles. The van der Waals surface area contributed by atoms with Gasteiger partial charge in [-0.2, -0.15) is 0 Å². The highest BCUT2D eigenvalue weighted by molar-refractivity contribution is 6.21. The number of Topliss-reactive ketones (excluding diaryl/α,β-unsaturated/α-hetero) is 1. The molecule has 1 fully saturated rings. The van der Waals surface area contributed by atoms with E-state index in [1.807, 2.05) is 30.3 Å². The molecule has 2 atom stereocenters. The van der Waals surface area contributed by atoms with Crippen molar-refractivity contribution in [2.24, 2.45) is 5.92 Å². The highest BCUT2D eigenvalue weighted by Gasteiger charge is 2.54. The molecule has 1 saturated heterocycles. The van der Waals surface area contributed by atoms with Gasteiger partial charge in [0.2, 0.25) is 5.91 Å². The number of rotatable bonds is 7. The van der Waals surface area contributed by atoms with E-state index in [9.17, 15) is 14.4 Å². The number of anilines is 1. The average Bonchev–Trinajstić information content (AvgIpc) is 2.67. The maximum absolute atomic E-state index is 12.5. The fourth-order valence-electron chi connectivity index (χ4n) is 3.02. The minimum atomic E-state index is -1.10. The van der Waals surface area contributed by atoms with Crippen LogP contribution in [0.5, 0.6) is 5.75 Å². The van der Waals surface area contributed by atoms with Crippen molar-refractivity contribution in [3.05, 3.63) is 60.2 Å². The van der Waals surface area contributed by atoms with Crippen LogP contribution in [-0.2, 0) is 25.8 Å². The number of hydrogen-bond acceptors (Lipinski definition) is 5. The van der Waals surface area contributed by atoms with Crippen molar-refractivity contribution >= 4 is 23.3 Å². The van der Waals surface area contributed by atoms with E-state index in [1.165, 1.54) is 18.9 Å². The van der Waals surface area contributed by atoms with Crippen molar-refractivity contribution in [3.63, 3.8) is 0 Å². The first-order valence-electron chi connectivity index (χ1n) is 8.46. The molecule has 0 aliphatic carbocycles. The van der Waals surface area contributed by atoms with Crippen molar-refractivity contribution in [1.29, 1.82) is 0 Å². The lowest BCUT2D eigenvalue weighted by Gasteiger charge is -2.44. The largest absolute Gasteiger partial charge is 0.497 e. The molecule has 7 heteroatoms. The van der Waals surface area contributed by atoms with Gasteiger partial charge in [0.25, 0.3) is 5.91 Å². The first-order chi connectivity index (χ1) is 13.0. The van der Waals surface area contributed by atoms with E-state index in [1.54, 1.807) is 24.3 Å². The summed E-state index contributed by atoms with van der Waals surface area (Å²) in [4.78, 5) is 43.5. The number of nitrogens with one attached hydrogen (secondary N) is 1. The van der Waals surface area contributed by atoms with E-state index in [0.29, 0.717) is 11.4 Å². The number of amides is 2. The van der Waals surface area contributed by atoms with Crippen LogP contribution in [-0.4, -0.2) is 30.7 Å². The van der Waals surface area contributed by atoms with Gasteiger partial charge in [-0.1, -0.05) is 30.3 Å². The second kappa shape index (κ2) is 8.01. The average molecular weight is 368 g/mol. The molecule has 2 unspecified atom stereocenters. The highest BCUT2D eigenvalue weighted by Crippen LogP contribution is 2.34. The summed E-state index contributed by atoms with van der Waals surface area (Å²) in [6, 6.07) is 15.2. The van der Waals surface area contributed by atoms with Crippen LogP contribution in [0.2, 0.25) is 0 Å². The Hall–Kier alpha value is -3.19. The maximum atomic E-state index is 12.5. The zero-order valence-corrected chi connectivity index (χ0v) is 15.0. The Morgan fingerprint density at radius 3 is 2.33 bits per heavy atom. The standard InChI is InChI=1S/C20H20N2O5/c1-13(23)18-17(19(24)21-27-12-14-6-4-3-5-7-14)20(25)22(18)15-8-10-16(26-2)11-9-15/h3-11,17-18H,12H2,1-2H3,(H,21,24). The number of nitrogens with zero attached hydrogens (tertiary/aromatic N) is 1. The minimum absolute atomic E-state index is 0.167. The van der Waals surface area contributed by atoms with Gasteiger partial charge in [-0.3, -0.25) is 24.1 Å². The molecular weight excluding hydrogens is 348 g/mol. The first-order valence-corrected chi connectivity index (χ1v) is 8.46. The second-order valence-electron chi connectivity index (χ2n) is 6.18. The molecule has 0 saturated carbocycles. The number of ether oxygens (including phenoxy) is 1. The van der Waals surface area contributed by atoms with Crippen LogP contribution in [0.3, 0.4) is 0 Å². The van der Waals surface area contributed by atoms with Gasteiger partial charge in [-0.15, -0.1) is 0 Å². The van der Waals surface area contributed by atoms with Crippen LogP contribution in [0.1, 0.15) is 12.5 Å². The van der Waals surface area contributed by atoms with E-state index in [-0.39, 0.29) is 12.4 Å². The summed E-state index contributed by atoms with van der Waals surface area (Å²) in [7, 11) is 1.54. The molecule has 1 aliphatic heterocycles. The van der Waals surface area contributed by atoms with Crippen LogP contribution < -0.4 is 15.1 Å². The predicted octanol–water partition coefficient (Wildman–Crippen LogP) is 1.86. The van der Waals surface area contributed by atoms with E-state index in [4.69, 9.17) is 9.57 Å². The molecule has 1 heterocycles. The summed E-state index contributed by atoms with van der Waals surface area (Å²) in [5, 5.41) is 0. The van der Waals surface area contributed by atoms with Gasteiger partial charge in [-0.25, -0.2) is 5.48 Å². The lowest BCUT2D eigenvalue weighted by atomic mass is 9.83. The Labute approximate surface area is 156 Å². The topological polar surface area (TPSA) is 84.9 Å². The Morgan fingerprint density at radius 2 is 1.74 bits per heavy atom. The lowest BCUT2D eigenvalue weighted by molar-refractivity contribution is -0.152. The van der Waals surface area contributed by atoms with Crippen molar-refractivity contribution in [2.45, 2.75) is 19.6 Å². The van der Waals surface area contributed by atoms with Crippen molar-refractivity contribution in [3.8, 4) is 5.75 Å². The highest BCUT2D eigenvalue weighted by atomic mass is 16.6. The monoisotopic (exact) mass is 368 g/mol. The zero-order valence-electron chi connectivity index (χ0n) is 15.0. The second-order valence-corrected chi connectivity index (χ2v) is 6.18. The number of methoxy groups -OCH3 is 1. The molecule has 3 rings (SSSR count). The van der Waals surface area contributed by atoms with Crippen molar-refractivity contribution in [2.75, 3.05) is 12.0 Å². The number of β-lactam (4-membered cyclic amide) rings is 1. The van der Waals surface area contributed by atoms with Gasteiger partial charge in [0, 0.05) is 5.69 Å². The number of benzene rings is 2. The van der Waals surface area contributed by atoms with Crippen LogP contribution in [0.25, 0.3) is 0 Å². The van der Waals surface area contributed by atoms with Crippen molar-refractivity contribution < 1.29 is 24.0 Å². The maximum Gasteiger partial charge on any atom is 0.258 e. The molecule has 0 spiro atoms. The Kier molecular flexibility index (Phi) is 5.52. The third kappa shape index (κ3) is 3.83. The fraction of sp³-hybridized carbons (Fsp3) is 0.250. The summed E-state index contributed by atoms with van der Waals surface area (Å²) in [6.07, 6.45) is 0. The van der Waals surface area contributed by atoms with Gasteiger partial charge in [0.1, 0.15) is 17.7 Å². The third-order valence-electron chi connectivity index (χ3n) is 4.40. The minimum Gasteiger partial charge on any atom is -0.497 e. The molecule has 1 N–H and O–H groups in total. The first kappa shape index (κ1) is 18.6. The zero-order chi connectivity index (χ0) is 19.4. The van der Waals surface area contributed by atoms with Gasteiger partial charge < -0.3 is 4.74 Å². The molecule has 2 aromatic carbocycles. The van der Waals surface area contributed by atoms with Crippen LogP contribution >= 0.6 is 0 Å². The third-order valence-corrected chi connectivity index (χ3v) is 4.40. The number of carbonyl (C=O) groups is 3. The molecular formula is C20H20N2O5. The predicted molar refractivity (Wildman–Crippen MR) is 97.8 cm³/mol. The number of hydrogen-bond donors (Lipinski definition) is 1. The lowest BCUT2D eigenvalue weighted by Crippen LogP contribution is -2.68. The van der Waals surface area contributed by atoms with Gasteiger partial charge >= 0.3 is 0 Å².